The number of nitrogens with zero attached hydrogens (tertiary/aromatic N) is 4. The predicted octanol–water partition coefficient (Wildman–Crippen LogP) is 4.94. The van der Waals surface area contributed by atoms with Crippen molar-refractivity contribution in [1.82, 2.24) is 20.0 Å². The van der Waals surface area contributed by atoms with Crippen molar-refractivity contribution in [3.05, 3.63) is 82.9 Å². The van der Waals surface area contributed by atoms with Crippen LogP contribution in [0.25, 0.3) is 27.4 Å². The number of aryl methyl sites for hydroxylation is 1. The SMILES string of the molecule is Cc1nn(-c2ccc(F)cc2)c2sc(C(=O)OCc3nnc(-c4ccccc4)o3)cc12. The summed E-state index contributed by atoms with van der Waals surface area (Å²) in [5.41, 5.74) is 2.26. The maximum absolute atomic E-state index is 13.2. The number of hydrogen-bond acceptors (Lipinski definition) is 7. The first-order chi connectivity index (χ1) is 15.1. The summed E-state index contributed by atoms with van der Waals surface area (Å²) in [7, 11) is 0. The highest BCUT2D eigenvalue weighted by molar-refractivity contribution is 7.20. The molecule has 0 saturated carbocycles. The Morgan fingerprint density at radius 1 is 1.13 bits per heavy atom. The Bertz CT molecular complexity index is 1370. The van der Waals surface area contributed by atoms with Gasteiger partial charge in [0.25, 0.3) is 5.89 Å². The topological polar surface area (TPSA) is 83.0 Å². The van der Waals surface area contributed by atoms with E-state index in [0.29, 0.717) is 16.5 Å². The van der Waals surface area contributed by atoms with Crippen LogP contribution in [0.4, 0.5) is 4.39 Å². The molecular formula is C22H15FN4O3S. The number of carbonyl (C=O) groups excluding carboxylic acids is 1. The lowest BCUT2D eigenvalue weighted by molar-refractivity contribution is 0.0444. The molecule has 0 aliphatic rings. The highest BCUT2D eigenvalue weighted by Crippen LogP contribution is 2.31. The van der Waals surface area contributed by atoms with E-state index in [2.05, 4.69) is 15.3 Å². The van der Waals surface area contributed by atoms with Crippen LogP contribution in [-0.4, -0.2) is 25.9 Å². The number of halogens is 1. The number of aromatic nitrogens is 4. The zero-order valence-corrected chi connectivity index (χ0v) is 17.1. The molecule has 0 unspecified atom stereocenters. The lowest BCUT2D eigenvalue weighted by atomic mass is 10.2. The van der Waals surface area contributed by atoms with Gasteiger partial charge in [0.05, 0.1) is 11.4 Å². The second-order valence-electron chi connectivity index (χ2n) is 6.75. The molecule has 7 nitrogen and oxygen atoms in total. The van der Waals surface area contributed by atoms with Crippen LogP contribution in [0.5, 0.6) is 0 Å². The highest BCUT2D eigenvalue weighted by atomic mass is 32.1. The predicted molar refractivity (Wildman–Crippen MR) is 112 cm³/mol. The lowest BCUT2D eigenvalue weighted by Crippen LogP contribution is -2.03. The second-order valence-corrected chi connectivity index (χ2v) is 7.78. The minimum absolute atomic E-state index is 0.129. The van der Waals surface area contributed by atoms with Crippen LogP contribution >= 0.6 is 11.3 Å². The van der Waals surface area contributed by atoms with Gasteiger partial charge in [-0.15, -0.1) is 21.5 Å². The molecule has 2 aromatic carbocycles. The standard InChI is InChI=1S/C22H15FN4O3S/c1-13-17-11-18(31-21(17)27(26-13)16-9-7-15(23)8-10-16)22(28)29-12-19-24-25-20(30-19)14-5-3-2-4-6-14/h2-11H,12H2,1H3. The first-order valence-corrected chi connectivity index (χ1v) is 10.2. The molecule has 0 atom stereocenters. The number of rotatable bonds is 5. The lowest BCUT2D eigenvalue weighted by Gasteiger charge is -2.02. The van der Waals surface area contributed by atoms with E-state index in [-0.39, 0.29) is 18.3 Å². The number of hydrogen-bond donors (Lipinski definition) is 0. The highest BCUT2D eigenvalue weighted by Gasteiger charge is 2.19. The van der Waals surface area contributed by atoms with Gasteiger partial charge in [-0.2, -0.15) is 5.10 Å². The molecule has 0 spiro atoms. The van der Waals surface area contributed by atoms with Gasteiger partial charge in [0.2, 0.25) is 5.89 Å². The van der Waals surface area contributed by atoms with Crippen molar-refractivity contribution >= 4 is 27.5 Å². The smallest absolute Gasteiger partial charge is 0.348 e. The van der Waals surface area contributed by atoms with Crippen molar-refractivity contribution in [2.75, 3.05) is 0 Å². The molecule has 5 rings (SSSR count). The summed E-state index contributed by atoms with van der Waals surface area (Å²) < 4.78 is 25.9. The largest absolute Gasteiger partial charge is 0.451 e. The quantitative estimate of drug-likeness (QED) is 0.364. The van der Waals surface area contributed by atoms with E-state index in [1.54, 1.807) is 22.9 Å². The first kappa shape index (κ1) is 19.1. The van der Waals surface area contributed by atoms with Crippen LogP contribution < -0.4 is 0 Å². The summed E-state index contributed by atoms with van der Waals surface area (Å²) in [5, 5.41) is 13.2. The Morgan fingerprint density at radius 2 is 1.90 bits per heavy atom. The van der Waals surface area contributed by atoms with Gasteiger partial charge in [-0.25, -0.2) is 13.9 Å². The molecule has 3 heterocycles. The van der Waals surface area contributed by atoms with Gasteiger partial charge >= 0.3 is 5.97 Å². The molecular weight excluding hydrogens is 419 g/mol. The van der Waals surface area contributed by atoms with E-state index in [0.717, 1.165) is 21.5 Å². The Kier molecular flexibility index (Phi) is 4.79. The van der Waals surface area contributed by atoms with Crippen molar-refractivity contribution in [2.24, 2.45) is 0 Å². The molecule has 0 saturated heterocycles. The molecule has 0 bridgehead atoms. The van der Waals surface area contributed by atoms with Crippen molar-refractivity contribution < 1.29 is 18.3 Å². The minimum atomic E-state index is -0.495. The average Bonchev–Trinajstić information content (AvgIpc) is 3.50. The Labute approximate surface area is 179 Å². The number of fused-ring (bicyclic) bond motifs is 1. The molecule has 154 valence electrons. The number of esters is 1. The Morgan fingerprint density at radius 3 is 2.68 bits per heavy atom. The van der Waals surface area contributed by atoms with Crippen LogP contribution in [0.3, 0.4) is 0 Å². The van der Waals surface area contributed by atoms with Gasteiger partial charge in [-0.3, -0.25) is 0 Å². The Balaban J connectivity index is 1.34. The van der Waals surface area contributed by atoms with Crippen molar-refractivity contribution in [2.45, 2.75) is 13.5 Å². The molecule has 5 aromatic rings. The fourth-order valence-corrected chi connectivity index (χ4v) is 4.19. The van der Waals surface area contributed by atoms with Crippen LogP contribution in [0.2, 0.25) is 0 Å². The Hall–Kier alpha value is -3.85. The zero-order valence-electron chi connectivity index (χ0n) is 16.3. The van der Waals surface area contributed by atoms with Gasteiger partial charge in [-0.05, 0) is 49.4 Å². The van der Waals surface area contributed by atoms with Gasteiger partial charge in [0, 0.05) is 10.9 Å². The van der Waals surface area contributed by atoms with E-state index in [4.69, 9.17) is 9.15 Å². The second kappa shape index (κ2) is 7.77. The number of benzene rings is 2. The summed E-state index contributed by atoms with van der Waals surface area (Å²) >= 11 is 1.25. The monoisotopic (exact) mass is 434 g/mol. The molecule has 0 fully saturated rings. The minimum Gasteiger partial charge on any atom is -0.451 e. The summed E-state index contributed by atoms with van der Waals surface area (Å²) in [5.74, 6) is -0.244. The fourth-order valence-electron chi connectivity index (χ4n) is 3.11. The van der Waals surface area contributed by atoms with Gasteiger partial charge < -0.3 is 9.15 Å². The molecule has 0 amide bonds. The average molecular weight is 434 g/mol. The van der Waals surface area contributed by atoms with Crippen molar-refractivity contribution in [3.8, 4) is 17.1 Å². The zero-order chi connectivity index (χ0) is 21.4. The molecule has 9 heteroatoms. The molecule has 0 N–H and O–H groups in total. The molecule has 0 aliphatic carbocycles. The summed E-state index contributed by atoms with van der Waals surface area (Å²) in [4.78, 5) is 13.8. The van der Waals surface area contributed by atoms with Crippen molar-refractivity contribution in [1.29, 1.82) is 0 Å². The molecule has 0 radical (unpaired) electrons. The third-order valence-corrected chi connectivity index (χ3v) is 5.72. The fraction of sp³-hybridized carbons (Fsp3) is 0.0909. The van der Waals surface area contributed by atoms with E-state index in [1.807, 2.05) is 37.3 Å². The van der Waals surface area contributed by atoms with Crippen LogP contribution in [0, 0.1) is 12.7 Å². The number of thiophene rings is 1. The van der Waals surface area contributed by atoms with E-state index in [9.17, 15) is 9.18 Å². The summed E-state index contributed by atoms with van der Waals surface area (Å²) in [6.07, 6.45) is 0. The third kappa shape index (κ3) is 3.71. The van der Waals surface area contributed by atoms with Gasteiger partial charge in [0.15, 0.2) is 6.61 Å². The molecule has 0 aliphatic heterocycles. The third-order valence-electron chi connectivity index (χ3n) is 4.63. The van der Waals surface area contributed by atoms with Gasteiger partial charge in [0.1, 0.15) is 15.5 Å². The van der Waals surface area contributed by atoms with Crippen LogP contribution in [-0.2, 0) is 11.3 Å². The van der Waals surface area contributed by atoms with Gasteiger partial charge in [-0.1, -0.05) is 18.2 Å². The molecule has 3 aromatic heterocycles. The summed E-state index contributed by atoms with van der Waals surface area (Å²) in [6, 6.07) is 17.1. The number of ether oxygens (including phenoxy) is 1. The van der Waals surface area contributed by atoms with E-state index < -0.39 is 5.97 Å². The normalized spacial score (nSPS) is 11.2. The van der Waals surface area contributed by atoms with E-state index in [1.165, 1.54) is 23.5 Å². The van der Waals surface area contributed by atoms with Crippen LogP contribution in [0.1, 0.15) is 21.3 Å². The summed E-state index contributed by atoms with van der Waals surface area (Å²) in [6.45, 7) is 1.73. The molecule has 31 heavy (non-hydrogen) atoms. The number of carbonyl (C=O) groups is 1. The first-order valence-electron chi connectivity index (χ1n) is 9.38. The van der Waals surface area contributed by atoms with Crippen molar-refractivity contribution in [3.63, 3.8) is 0 Å². The van der Waals surface area contributed by atoms with E-state index >= 15 is 0 Å². The van der Waals surface area contributed by atoms with Crippen LogP contribution in [0.15, 0.2) is 65.1 Å². The maximum Gasteiger partial charge on any atom is 0.348 e. The maximum atomic E-state index is 13.2.